The van der Waals surface area contributed by atoms with Gasteiger partial charge in [0.1, 0.15) is 11.9 Å². The maximum absolute atomic E-state index is 6.27. The zero-order chi connectivity index (χ0) is 13.5. The standard InChI is InChI=1S/C18H21NO/c1-19-15-7-8-16(19)12-18(11-15)20-17-9-6-13-4-2-3-5-14(13)10-17/h2-6,9-10,15-16,18H,7-8,11-12H2,1H3/t15-,16+,18-. The third-order valence-electron chi connectivity index (χ3n) is 5.08. The summed E-state index contributed by atoms with van der Waals surface area (Å²) < 4.78 is 6.27. The highest BCUT2D eigenvalue weighted by Crippen LogP contribution is 2.36. The molecule has 2 saturated heterocycles. The maximum Gasteiger partial charge on any atom is 0.120 e. The average Bonchev–Trinajstić information content (AvgIpc) is 2.70. The van der Waals surface area contributed by atoms with E-state index in [0.29, 0.717) is 6.10 Å². The highest BCUT2D eigenvalue weighted by molar-refractivity contribution is 5.83. The third kappa shape index (κ3) is 2.08. The van der Waals surface area contributed by atoms with Crippen molar-refractivity contribution in [2.24, 2.45) is 0 Å². The van der Waals surface area contributed by atoms with Crippen molar-refractivity contribution in [3.8, 4) is 5.75 Å². The Morgan fingerprint density at radius 1 is 0.950 bits per heavy atom. The van der Waals surface area contributed by atoms with Crippen LogP contribution in [0.5, 0.6) is 5.75 Å². The first-order valence-electron chi connectivity index (χ1n) is 7.67. The van der Waals surface area contributed by atoms with Gasteiger partial charge in [0.2, 0.25) is 0 Å². The fraction of sp³-hybridized carbons (Fsp3) is 0.444. The van der Waals surface area contributed by atoms with Crippen LogP contribution in [-0.2, 0) is 0 Å². The average molecular weight is 267 g/mol. The predicted octanol–water partition coefficient (Wildman–Crippen LogP) is 3.84. The van der Waals surface area contributed by atoms with Crippen LogP contribution in [0, 0.1) is 0 Å². The lowest BCUT2D eigenvalue weighted by molar-refractivity contribution is 0.0662. The van der Waals surface area contributed by atoms with Crippen molar-refractivity contribution >= 4 is 10.8 Å². The second-order valence-corrected chi connectivity index (χ2v) is 6.27. The molecule has 2 aliphatic rings. The molecule has 0 N–H and O–H groups in total. The molecule has 2 fully saturated rings. The number of nitrogens with zero attached hydrogens (tertiary/aromatic N) is 1. The van der Waals surface area contributed by atoms with Gasteiger partial charge in [0.25, 0.3) is 0 Å². The molecular weight excluding hydrogens is 246 g/mol. The van der Waals surface area contributed by atoms with Crippen molar-refractivity contribution < 1.29 is 4.74 Å². The number of fused-ring (bicyclic) bond motifs is 3. The fourth-order valence-electron chi connectivity index (χ4n) is 3.89. The zero-order valence-electron chi connectivity index (χ0n) is 12.0. The molecule has 20 heavy (non-hydrogen) atoms. The van der Waals surface area contributed by atoms with Crippen LogP contribution in [0.15, 0.2) is 42.5 Å². The molecule has 0 aliphatic carbocycles. The van der Waals surface area contributed by atoms with E-state index < -0.39 is 0 Å². The van der Waals surface area contributed by atoms with Gasteiger partial charge in [-0.25, -0.2) is 0 Å². The molecule has 0 amide bonds. The fourth-order valence-corrected chi connectivity index (χ4v) is 3.89. The van der Waals surface area contributed by atoms with Gasteiger partial charge in [-0.1, -0.05) is 30.3 Å². The van der Waals surface area contributed by atoms with Crippen molar-refractivity contribution in [2.75, 3.05) is 7.05 Å². The molecule has 2 aromatic carbocycles. The number of hydrogen-bond acceptors (Lipinski definition) is 2. The molecule has 3 atom stereocenters. The monoisotopic (exact) mass is 267 g/mol. The van der Waals surface area contributed by atoms with E-state index in [9.17, 15) is 0 Å². The molecule has 2 heteroatoms. The number of piperidine rings is 1. The van der Waals surface area contributed by atoms with Gasteiger partial charge in [0.05, 0.1) is 0 Å². The first-order valence-corrected chi connectivity index (χ1v) is 7.67. The Kier molecular flexibility index (Phi) is 2.92. The molecule has 2 aromatic rings. The zero-order valence-corrected chi connectivity index (χ0v) is 12.0. The summed E-state index contributed by atoms with van der Waals surface area (Å²) in [6, 6.07) is 16.4. The quantitative estimate of drug-likeness (QED) is 0.819. The lowest BCUT2D eigenvalue weighted by Gasteiger charge is -2.36. The largest absolute Gasteiger partial charge is 0.490 e. The van der Waals surface area contributed by atoms with Crippen LogP contribution < -0.4 is 4.74 Å². The topological polar surface area (TPSA) is 12.5 Å². The minimum absolute atomic E-state index is 0.393. The summed E-state index contributed by atoms with van der Waals surface area (Å²) in [7, 11) is 2.27. The number of rotatable bonds is 2. The maximum atomic E-state index is 6.27. The summed E-state index contributed by atoms with van der Waals surface area (Å²) in [6.45, 7) is 0. The van der Waals surface area contributed by atoms with Gasteiger partial charge >= 0.3 is 0 Å². The number of hydrogen-bond donors (Lipinski definition) is 0. The second-order valence-electron chi connectivity index (χ2n) is 6.27. The molecule has 0 spiro atoms. The molecule has 2 heterocycles. The van der Waals surface area contributed by atoms with Gasteiger partial charge < -0.3 is 9.64 Å². The molecule has 2 aliphatic heterocycles. The van der Waals surface area contributed by atoms with E-state index in [-0.39, 0.29) is 0 Å². The van der Waals surface area contributed by atoms with E-state index in [1.807, 2.05) is 0 Å². The first kappa shape index (κ1) is 12.2. The molecule has 2 nitrogen and oxygen atoms in total. The number of benzene rings is 2. The summed E-state index contributed by atoms with van der Waals surface area (Å²) in [5.74, 6) is 1.03. The second kappa shape index (κ2) is 4.78. The van der Waals surface area contributed by atoms with Crippen LogP contribution >= 0.6 is 0 Å². The van der Waals surface area contributed by atoms with Crippen LogP contribution in [0.25, 0.3) is 10.8 Å². The van der Waals surface area contributed by atoms with Crippen LogP contribution in [0.2, 0.25) is 0 Å². The Balaban J connectivity index is 1.53. The van der Waals surface area contributed by atoms with Gasteiger partial charge in [-0.3, -0.25) is 0 Å². The first-order chi connectivity index (χ1) is 9.79. The minimum Gasteiger partial charge on any atom is -0.490 e. The van der Waals surface area contributed by atoms with Gasteiger partial charge in [0, 0.05) is 12.1 Å². The van der Waals surface area contributed by atoms with Crippen molar-refractivity contribution in [3.63, 3.8) is 0 Å². The highest BCUT2D eigenvalue weighted by atomic mass is 16.5. The summed E-state index contributed by atoms with van der Waals surface area (Å²) >= 11 is 0. The summed E-state index contributed by atoms with van der Waals surface area (Å²) in [4.78, 5) is 2.56. The van der Waals surface area contributed by atoms with Gasteiger partial charge in [-0.2, -0.15) is 0 Å². The third-order valence-corrected chi connectivity index (χ3v) is 5.08. The van der Waals surface area contributed by atoms with Gasteiger partial charge in [-0.15, -0.1) is 0 Å². The van der Waals surface area contributed by atoms with Crippen LogP contribution in [0.1, 0.15) is 25.7 Å². The molecular formula is C18H21NO. The van der Waals surface area contributed by atoms with Crippen LogP contribution in [0.3, 0.4) is 0 Å². The SMILES string of the molecule is CN1[C@@H]2CC[C@H]1C[C@H](Oc1ccc3ccccc3c1)C2. The normalized spacial score (nSPS) is 29.8. The molecule has 0 unspecified atom stereocenters. The number of ether oxygens (including phenoxy) is 1. The summed E-state index contributed by atoms with van der Waals surface area (Å²) in [6.07, 6.45) is 5.45. The van der Waals surface area contributed by atoms with Crippen LogP contribution in [-0.4, -0.2) is 30.1 Å². The Morgan fingerprint density at radius 3 is 2.40 bits per heavy atom. The smallest absolute Gasteiger partial charge is 0.120 e. The van der Waals surface area contributed by atoms with E-state index in [0.717, 1.165) is 17.8 Å². The Hall–Kier alpha value is -1.54. The van der Waals surface area contributed by atoms with Crippen molar-refractivity contribution in [1.29, 1.82) is 0 Å². The summed E-state index contributed by atoms with van der Waals surface area (Å²) in [5.41, 5.74) is 0. The van der Waals surface area contributed by atoms with Crippen LogP contribution in [0.4, 0.5) is 0 Å². The molecule has 104 valence electrons. The van der Waals surface area contributed by atoms with E-state index >= 15 is 0 Å². The van der Waals surface area contributed by atoms with Gasteiger partial charge in [-0.05, 0) is 55.6 Å². The Bertz CT molecular complexity index is 610. The summed E-state index contributed by atoms with van der Waals surface area (Å²) in [5, 5.41) is 2.55. The Morgan fingerprint density at radius 2 is 1.65 bits per heavy atom. The minimum atomic E-state index is 0.393. The van der Waals surface area contributed by atoms with E-state index in [2.05, 4.69) is 54.4 Å². The lowest BCUT2D eigenvalue weighted by atomic mass is 10.0. The molecule has 2 bridgehead atoms. The van der Waals surface area contributed by atoms with Crippen molar-refractivity contribution in [3.05, 3.63) is 42.5 Å². The molecule has 0 saturated carbocycles. The van der Waals surface area contributed by atoms with E-state index in [1.165, 1.54) is 36.5 Å². The molecule has 4 rings (SSSR count). The highest BCUT2D eigenvalue weighted by Gasteiger charge is 2.39. The van der Waals surface area contributed by atoms with Crippen molar-refractivity contribution in [2.45, 2.75) is 43.9 Å². The molecule has 0 radical (unpaired) electrons. The van der Waals surface area contributed by atoms with E-state index in [4.69, 9.17) is 4.74 Å². The van der Waals surface area contributed by atoms with Crippen molar-refractivity contribution in [1.82, 2.24) is 4.90 Å². The lowest BCUT2D eigenvalue weighted by Crippen LogP contribution is -2.43. The molecule has 0 aromatic heterocycles. The predicted molar refractivity (Wildman–Crippen MR) is 82.2 cm³/mol. The van der Waals surface area contributed by atoms with Gasteiger partial charge in [0.15, 0.2) is 0 Å². The Labute approximate surface area is 120 Å². The van der Waals surface area contributed by atoms with E-state index in [1.54, 1.807) is 0 Å².